The van der Waals surface area contributed by atoms with Crippen molar-refractivity contribution in [1.82, 2.24) is 4.98 Å². The predicted molar refractivity (Wildman–Crippen MR) is 58.2 cm³/mol. The molecule has 17 heavy (non-hydrogen) atoms. The molecule has 0 saturated heterocycles. The first-order valence-corrected chi connectivity index (χ1v) is 5.21. The highest BCUT2D eigenvalue weighted by atomic mass is 35.5. The SMILES string of the molecule is C[C@@H](Cl)C(=O)Nc1ncc(C(F)(F)F)cc1Cl. The van der Waals surface area contributed by atoms with Gasteiger partial charge in [0.25, 0.3) is 0 Å². The molecule has 0 saturated carbocycles. The predicted octanol–water partition coefficient (Wildman–Crippen LogP) is 3.32. The molecule has 0 aromatic carbocycles. The molecule has 1 aromatic heterocycles. The Morgan fingerprint density at radius 1 is 1.53 bits per heavy atom. The van der Waals surface area contributed by atoms with Gasteiger partial charge in [0.05, 0.1) is 10.6 Å². The minimum atomic E-state index is -4.53. The molecule has 0 aliphatic heterocycles. The van der Waals surface area contributed by atoms with E-state index in [-0.39, 0.29) is 10.8 Å². The van der Waals surface area contributed by atoms with Crippen molar-refractivity contribution in [2.24, 2.45) is 0 Å². The number of carbonyl (C=O) groups excluding carboxylic acids is 1. The zero-order valence-corrected chi connectivity index (χ0v) is 9.99. The second-order valence-corrected chi connectivity index (χ2v) is 4.22. The smallest absolute Gasteiger partial charge is 0.308 e. The lowest BCUT2D eigenvalue weighted by Gasteiger charge is -2.10. The van der Waals surface area contributed by atoms with E-state index in [1.807, 2.05) is 0 Å². The van der Waals surface area contributed by atoms with Crippen molar-refractivity contribution in [1.29, 1.82) is 0 Å². The molecule has 8 heteroatoms. The Kier molecular flexibility index (Phi) is 4.21. The van der Waals surface area contributed by atoms with Crippen LogP contribution in [-0.4, -0.2) is 16.3 Å². The molecule has 1 aromatic rings. The Bertz CT molecular complexity index is 435. The minimum Gasteiger partial charge on any atom is -0.308 e. The van der Waals surface area contributed by atoms with Crippen molar-refractivity contribution in [3.63, 3.8) is 0 Å². The molecule has 1 atom stereocenters. The number of hydrogen-bond donors (Lipinski definition) is 1. The second-order valence-electron chi connectivity index (χ2n) is 3.16. The number of rotatable bonds is 2. The fourth-order valence-corrected chi connectivity index (χ4v) is 1.17. The summed E-state index contributed by atoms with van der Waals surface area (Å²) in [5, 5.41) is 1.07. The molecule has 0 unspecified atom stereocenters. The van der Waals surface area contributed by atoms with Crippen LogP contribution in [0.5, 0.6) is 0 Å². The Hall–Kier alpha value is -1.01. The first-order chi connectivity index (χ1) is 7.71. The zero-order chi connectivity index (χ0) is 13.2. The molecule has 0 fully saturated rings. The molecule has 1 amide bonds. The molecule has 0 bridgehead atoms. The van der Waals surface area contributed by atoms with Crippen LogP contribution in [0.15, 0.2) is 12.3 Å². The van der Waals surface area contributed by atoms with Gasteiger partial charge in [-0.25, -0.2) is 4.98 Å². The number of hydrogen-bond acceptors (Lipinski definition) is 2. The molecule has 0 aliphatic carbocycles. The van der Waals surface area contributed by atoms with Gasteiger partial charge >= 0.3 is 6.18 Å². The molecular weight excluding hydrogens is 280 g/mol. The van der Waals surface area contributed by atoms with E-state index in [2.05, 4.69) is 10.3 Å². The number of anilines is 1. The Morgan fingerprint density at radius 2 is 2.12 bits per heavy atom. The maximum absolute atomic E-state index is 12.3. The number of nitrogens with one attached hydrogen (secondary N) is 1. The van der Waals surface area contributed by atoms with Crippen LogP contribution in [0.2, 0.25) is 5.02 Å². The number of aromatic nitrogens is 1. The summed E-state index contributed by atoms with van der Waals surface area (Å²) in [4.78, 5) is 14.6. The van der Waals surface area contributed by atoms with Gasteiger partial charge in [-0.15, -0.1) is 11.6 Å². The number of carbonyl (C=O) groups is 1. The van der Waals surface area contributed by atoms with Crippen molar-refractivity contribution in [3.05, 3.63) is 22.8 Å². The van der Waals surface area contributed by atoms with Crippen molar-refractivity contribution >= 4 is 34.9 Å². The lowest BCUT2D eigenvalue weighted by molar-refractivity contribution is -0.137. The van der Waals surface area contributed by atoms with Gasteiger partial charge < -0.3 is 5.32 Å². The fraction of sp³-hybridized carbons (Fsp3) is 0.333. The summed E-state index contributed by atoms with van der Waals surface area (Å²) in [6.45, 7) is 1.41. The summed E-state index contributed by atoms with van der Waals surface area (Å²) in [6, 6.07) is 0.684. The number of alkyl halides is 4. The zero-order valence-electron chi connectivity index (χ0n) is 8.48. The molecule has 0 spiro atoms. The van der Waals surface area contributed by atoms with E-state index >= 15 is 0 Å². The highest BCUT2D eigenvalue weighted by Crippen LogP contribution is 2.32. The van der Waals surface area contributed by atoms with Crippen molar-refractivity contribution in [3.8, 4) is 0 Å². The van der Waals surface area contributed by atoms with Gasteiger partial charge in [-0.05, 0) is 13.0 Å². The molecule has 1 rings (SSSR count). The van der Waals surface area contributed by atoms with Crippen molar-refractivity contribution < 1.29 is 18.0 Å². The summed E-state index contributed by atoms with van der Waals surface area (Å²) >= 11 is 11.0. The van der Waals surface area contributed by atoms with Crippen LogP contribution in [0.25, 0.3) is 0 Å². The normalized spacial score (nSPS) is 13.3. The third-order valence-corrected chi connectivity index (χ3v) is 2.26. The molecule has 94 valence electrons. The van der Waals surface area contributed by atoms with Crippen LogP contribution in [0.1, 0.15) is 12.5 Å². The van der Waals surface area contributed by atoms with Gasteiger partial charge in [-0.1, -0.05) is 11.6 Å². The number of pyridine rings is 1. The minimum absolute atomic E-state index is 0.155. The van der Waals surface area contributed by atoms with Crippen molar-refractivity contribution in [2.75, 3.05) is 5.32 Å². The van der Waals surface area contributed by atoms with E-state index in [9.17, 15) is 18.0 Å². The Balaban J connectivity index is 2.95. The monoisotopic (exact) mass is 286 g/mol. The summed E-state index contributed by atoms with van der Waals surface area (Å²) in [5.74, 6) is -0.752. The first kappa shape index (κ1) is 14.1. The van der Waals surface area contributed by atoms with E-state index < -0.39 is 23.0 Å². The highest BCUT2D eigenvalue weighted by Gasteiger charge is 2.31. The highest BCUT2D eigenvalue weighted by molar-refractivity contribution is 6.35. The van der Waals surface area contributed by atoms with Crippen LogP contribution < -0.4 is 5.32 Å². The lowest BCUT2D eigenvalue weighted by Crippen LogP contribution is -2.21. The van der Waals surface area contributed by atoms with Crippen LogP contribution in [0.3, 0.4) is 0 Å². The average molecular weight is 287 g/mol. The molecule has 0 aliphatic rings. The Labute approximate surface area is 105 Å². The van der Waals surface area contributed by atoms with Crippen LogP contribution in [0.4, 0.5) is 19.0 Å². The van der Waals surface area contributed by atoms with Gasteiger partial charge in [0.2, 0.25) is 5.91 Å². The summed E-state index contributed by atoms with van der Waals surface area (Å²) in [5.41, 5.74) is -0.987. The summed E-state index contributed by atoms with van der Waals surface area (Å²) in [6.07, 6.45) is -3.95. The third-order valence-electron chi connectivity index (χ3n) is 1.77. The summed E-state index contributed by atoms with van der Waals surface area (Å²) in [7, 11) is 0. The molecule has 3 nitrogen and oxygen atoms in total. The molecular formula is C9H7Cl2F3N2O. The molecule has 1 heterocycles. The van der Waals surface area contributed by atoms with Gasteiger partial charge in [-0.3, -0.25) is 4.79 Å². The standard InChI is InChI=1S/C9H7Cl2F3N2O/c1-4(10)8(17)16-7-6(11)2-5(3-15-7)9(12,13)14/h2-4H,1H3,(H,15,16,17)/t4-/m1/s1. The number of halogens is 5. The second kappa shape index (κ2) is 5.10. The molecule has 0 radical (unpaired) electrons. The molecule has 1 N–H and O–H groups in total. The average Bonchev–Trinajstić information content (AvgIpc) is 2.19. The lowest BCUT2D eigenvalue weighted by atomic mass is 10.2. The van der Waals surface area contributed by atoms with E-state index in [4.69, 9.17) is 23.2 Å². The van der Waals surface area contributed by atoms with Gasteiger partial charge in [0.1, 0.15) is 5.38 Å². The maximum Gasteiger partial charge on any atom is 0.417 e. The topological polar surface area (TPSA) is 42.0 Å². The fourth-order valence-electron chi connectivity index (χ4n) is 0.901. The Morgan fingerprint density at radius 3 is 2.53 bits per heavy atom. The van der Waals surface area contributed by atoms with Crippen molar-refractivity contribution in [2.45, 2.75) is 18.5 Å². The van der Waals surface area contributed by atoms with Crippen LogP contribution in [-0.2, 0) is 11.0 Å². The van der Waals surface area contributed by atoms with Crippen LogP contribution >= 0.6 is 23.2 Å². The van der Waals surface area contributed by atoms with E-state index in [1.54, 1.807) is 0 Å². The summed E-state index contributed by atoms with van der Waals surface area (Å²) < 4.78 is 36.8. The largest absolute Gasteiger partial charge is 0.417 e. The van der Waals surface area contributed by atoms with Gasteiger partial charge in [0.15, 0.2) is 5.82 Å². The van der Waals surface area contributed by atoms with E-state index in [0.717, 1.165) is 0 Å². The third kappa shape index (κ3) is 3.74. The van der Waals surface area contributed by atoms with Gasteiger partial charge in [0, 0.05) is 6.20 Å². The van der Waals surface area contributed by atoms with E-state index in [0.29, 0.717) is 12.3 Å². The number of amides is 1. The van der Waals surface area contributed by atoms with Crippen LogP contribution in [0, 0.1) is 0 Å². The quantitative estimate of drug-likeness (QED) is 0.848. The first-order valence-electron chi connectivity index (χ1n) is 4.39. The van der Waals surface area contributed by atoms with Gasteiger partial charge in [-0.2, -0.15) is 13.2 Å². The van der Waals surface area contributed by atoms with E-state index in [1.165, 1.54) is 6.92 Å². The number of nitrogens with zero attached hydrogens (tertiary/aromatic N) is 1. The maximum atomic E-state index is 12.3.